The van der Waals surface area contributed by atoms with Crippen molar-refractivity contribution < 1.29 is 14.4 Å². The van der Waals surface area contributed by atoms with Gasteiger partial charge in [0.15, 0.2) is 0 Å². The third-order valence-electron chi connectivity index (χ3n) is 8.94. The van der Waals surface area contributed by atoms with E-state index in [4.69, 9.17) is 0 Å². The summed E-state index contributed by atoms with van der Waals surface area (Å²) in [5.74, 6) is -0.0508. The number of hydrogen-bond acceptors (Lipinski definition) is 4. The van der Waals surface area contributed by atoms with Gasteiger partial charge in [-0.3, -0.25) is 14.4 Å². The number of carbonyl (C=O) groups is 3. The SMILES string of the molecule is CCCN1C(=O)[C@H](CCCNC(=O)Cc2ccccc2-c2ccccc2)NC(=O)C12CCN(CCc1ccccc1)CC2. The molecule has 7 nitrogen and oxygen atoms in total. The number of nitrogens with one attached hydrogen (secondary N) is 2. The molecule has 2 saturated heterocycles. The molecule has 0 aliphatic carbocycles. The summed E-state index contributed by atoms with van der Waals surface area (Å²) in [5, 5.41) is 6.10. The maximum Gasteiger partial charge on any atom is 0.246 e. The van der Waals surface area contributed by atoms with Crippen LogP contribution in [-0.2, 0) is 27.2 Å². The summed E-state index contributed by atoms with van der Waals surface area (Å²) in [5.41, 5.74) is 3.68. The molecular weight excluding hydrogens is 536 g/mol. The van der Waals surface area contributed by atoms with E-state index >= 15 is 0 Å². The molecule has 1 atom stereocenters. The minimum atomic E-state index is -0.757. The molecule has 0 saturated carbocycles. The van der Waals surface area contributed by atoms with E-state index in [1.54, 1.807) is 0 Å². The van der Waals surface area contributed by atoms with Crippen LogP contribution in [0.5, 0.6) is 0 Å². The molecule has 3 amide bonds. The van der Waals surface area contributed by atoms with E-state index in [1.807, 2.05) is 65.6 Å². The number of hydrogen-bond donors (Lipinski definition) is 2. The molecule has 3 aromatic carbocycles. The summed E-state index contributed by atoms with van der Waals surface area (Å²) in [6.45, 7) is 5.67. The summed E-state index contributed by atoms with van der Waals surface area (Å²) in [6.07, 6.45) is 4.52. The van der Waals surface area contributed by atoms with Gasteiger partial charge in [-0.2, -0.15) is 0 Å². The van der Waals surface area contributed by atoms with Crippen molar-refractivity contribution >= 4 is 17.7 Å². The molecule has 2 heterocycles. The first kappa shape index (κ1) is 30.5. The smallest absolute Gasteiger partial charge is 0.246 e. The second kappa shape index (κ2) is 14.5. The van der Waals surface area contributed by atoms with Crippen molar-refractivity contribution in [3.63, 3.8) is 0 Å². The number of piperidine rings is 1. The molecule has 7 heteroatoms. The highest BCUT2D eigenvalue weighted by Gasteiger charge is 2.53. The quantitative estimate of drug-likeness (QED) is 0.307. The number of amides is 3. The third-order valence-corrected chi connectivity index (χ3v) is 8.94. The minimum absolute atomic E-state index is 0.0160. The molecule has 0 aromatic heterocycles. The predicted octanol–water partition coefficient (Wildman–Crippen LogP) is 4.61. The number of likely N-dealkylation sites (tertiary alicyclic amines) is 1. The van der Waals surface area contributed by atoms with Crippen LogP contribution in [0.25, 0.3) is 11.1 Å². The molecule has 2 aliphatic rings. The Morgan fingerprint density at radius 3 is 2.30 bits per heavy atom. The molecule has 0 unspecified atom stereocenters. The van der Waals surface area contributed by atoms with Crippen molar-refractivity contribution in [2.45, 2.75) is 63.5 Å². The molecule has 0 radical (unpaired) electrons. The second-order valence-electron chi connectivity index (χ2n) is 11.8. The standard InChI is InChI=1S/C36H44N4O3/c1-2-23-40-34(42)32(38-35(43)36(40)20-25-39(26-21-36)24-19-28-12-5-3-6-13-28)18-11-22-37-33(41)27-30-16-9-10-17-31(30)29-14-7-4-8-15-29/h3-10,12-17,32H,2,11,18-27H2,1H3,(H,37,41)(H,38,43)/t32-/m0/s1. The fourth-order valence-electron chi connectivity index (χ4n) is 6.54. The van der Waals surface area contributed by atoms with E-state index in [0.717, 1.165) is 49.2 Å². The van der Waals surface area contributed by atoms with Gasteiger partial charge in [0.05, 0.1) is 6.42 Å². The zero-order valence-corrected chi connectivity index (χ0v) is 25.3. The number of carbonyl (C=O) groups excluding carboxylic acids is 3. The van der Waals surface area contributed by atoms with E-state index in [0.29, 0.717) is 45.2 Å². The fraction of sp³-hybridized carbons (Fsp3) is 0.417. The van der Waals surface area contributed by atoms with E-state index in [1.165, 1.54) is 5.56 Å². The van der Waals surface area contributed by atoms with Gasteiger partial charge < -0.3 is 20.4 Å². The highest BCUT2D eigenvalue weighted by molar-refractivity contribution is 6.00. The van der Waals surface area contributed by atoms with Crippen LogP contribution >= 0.6 is 0 Å². The van der Waals surface area contributed by atoms with Crippen LogP contribution in [0.1, 0.15) is 50.2 Å². The highest BCUT2D eigenvalue weighted by Crippen LogP contribution is 2.34. The van der Waals surface area contributed by atoms with Gasteiger partial charge in [0, 0.05) is 32.7 Å². The molecule has 2 N–H and O–H groups in total. The van der Waals surface area contributed by atoms with Gasteiger partial charge in [-0.1, -0.05) is 91.9 Å². The molecule has 5 rings (SSSR count). The monoisotopic (exact) mass is 580 g/mol. The Hall–Kier alpha value is -3.97. The van der Waals surface area contributed by atoms with Crippen LogP contribution in [0, 0.1) is 0 Å². The molecule has 226 valence electrons. The van der Waals surface area contributed by atoms with Crippen LogP contribution in [-0.4, -0.2) is 71.8 Å². The first-order valence-corrected chi connectivity index (χ1v) is 15.8. The Bertz CT molecular complexity index is 1370. The molecule has 1 spiro atoms. The predicted molar refractivity (Wildman–Crippen MR) is 170 cm³/mol. The number of rotatable bonds is 12. The van der Waals surface area contributed by atoms with E-state index in [9.17, 15) is 14.4 Å². The van der Waals surface area contributed by atoms with Crippen LogP contribution in [0.2, 0.25) is 0 Å². The van der Waals surface area contributed by atoms with Gasteiger partial charge in [-0.15, -0.1) is 0 Å². The normalized spacial score (nSPS) is 18.4. The van der Waals surface area contributed by atoms with Crippen molar-refractivity contribution in [2.24, 2.45) is 0 Å². The number of benzene rings is 3. The van der Waals surface area contributed by atoms with Crippen molar-refractivity contribution in [3.8, 4) is 11.1 Å². The van der Waals surface area contributed by atoms with Crippen molar-refractivity contribution in [2.75, 3.05) is 32.7 Å². The second-order valence-corrected chi connectivity index (χ2v) is 11.8. The molecular formula is C36H44N4O3. The van der Waals surface area contributed by atoms with Crippen molar-refractivity contribution in [1.82, 2.24) is 20.4 Å². The number of piperazine rings is 1. The largest absolute Gasteiger partial charge is 0.356 e. The van der Waals surface area contributed by atoms with Crippen molar-refractivity contribution in [1.29, 1.82) is 0 Å². The van der Waals surface area contributed by atoms with Crippen LogP contribution in [0.4, 0.5) is 0 Å². The highest BCUT2D eigenvalue weighted by atomic mass is 16.2. The number of nitrogens with zero attached hydrogens (tertiary/aromatic N) is 2. The Labute approximate surface area is 255 Å². The minimum Gasteiger partial charge on any atom is -0.356 e. The molecule has 2 fully saturated rings. The van der Waals surface area contributed by atoms with E-state index < -0.39 is 11.6 Å². The van der Waals surface area contributed by atoms with Gasteiger partial charge in [-0.05, 0) is 60.8 Å². The fourth-order valence-corrected chi connectivity index (χ4v) is 6.54. The molecule has 2 aliphatic heterocycles. The van der Waals surface area contributed by atoms with Crippen molar-refractivity contribution in [3.05, 3.63) is 96.1 Å². The lowest BCUT2D eigenvalue weighted by molar-refractivity contribution is -0.161. The average molecular weight is 581 g/mol. The maximum absolute atomic E-state index is 13.7. The Morgan fingerprint density at radius 2 is 1.58 bits per heavy atom. The lowest BCUT2D eigenvalue weighted by Crippen LogP contribution is -2.72. The Balaban J connectivity index is 1.11. The van der Waals surface area contributed by atoms with Gasteiger partial charge in [0.25, 0.3) is 0 Å². The first-order chi connectivity index (χ1) is 21.0. The van der Waals surface area contributed by atoms with Gasteiger partial charge in [0.1, 0.15) is 11.6 Å². The van der Waals surface area contributed by atoms with Gasteiger partial charge >= 0.3 is 0 Å². The summed E-state index contributed by atoms with van der Waals surface area (Å²) in [6, 6.07) is 28.0. The summed E-state index contributed by atoms with van der Waals surface area (Å²) in [7, 11) is 0. The van der Waals surface area contributed by atoms with Gasteiger partial charge in [0.2, 0.25) is 17.7 Å². The first-order valence-electron chi connectivity index (χ1n) is 15.8. The summed E-state index contributed by atoms with van der Waals surface area (Å²) < 4.78 is 0. The maximum atomic E-state index is 13.7. The summed E-state index contributed by atoms with van der Waals surface area (Å²) in [4.78, 5) is 44.4. The third kappa shape index (κ3) is 7.34. The zero-order valence-electron chi connectivity index (χ0n) is 25.3. The molecule has 43 heavy (non-hydrogen) atoms. The van der Waals surface area contributed by atoms with Crippen LogP contribution < -0.4 is 10.6 Å². The zero-order chi connectivity index (χ0) is 30.1. The Morgan fingerprint density at radius 1 is 0.907 bits per heavy atom. The average Bonchev–Trinajstić information content (AvgIpc) is 3.04. The van der Waals surface area contributed by atoms with Crippen LogP contribution in [0.3, 0.4) is 0 Å². The lowest BCUT2D eigenvalue weighted by atomic mass is 9.81. The van der Waals surface area contributed by atoms with E-state index in [-0.39, 0.29) is 17.7 Å². The lowest BCUT2D eigenvalue weighted by Gasteiger charge is -2.51. The van der Waals surface area contributed by atoms with Crippen LogP contribution in [0.15, 0.2) is 84.9 Å². The Kier molecular flexibility index (Phi) is 10.3. The molecule has 3 aromatic rings. The van der Waals surface area contributed by atoms with E-state index in [2.05, 4.69) is 46.7 Å². The van der Waals surface area contributed by atoms with Gasteiger partial charge in [-0.25, -0.2) is 0 Å². The summed E-state index contributed by atoms with van der Waals surface area (Å²) >= 11 is 0. The molecule has 0 bridgehead atoms. The topological polar surface area (TPSA) is 81.8 Å².